The number of hydrogen-bond donors (Lipinski definition) is 0. The molecule has 2 nitrogen and oxygen atoms in total. The van der Waals surface area contributed by atoms with E-state index < -0.39 is 0 Å². The van der Waals surface area contributed by atoms with Crippen molar-refractivity contribution in [3.8, 4) is 0 Å². The first-order chi connectivity index (χ1) is 20.0. The number of fused-ring (bicyclic) bond motifs is 7. The van der Waals surface area contributed by atoms with E-state index in [4.69, 9.17) is 0 Å². The molecule has 7 aromatic rings. The second-order valence-corrected chi connectivity index (χ2v) is 16.7. The van der Waals surface area contributed by atoms with E-state index in [2.05, 4.69) is 146 Å². The van der Waals surface area contributed by atoms with E-state index >= 15 is 0 Å². The van der Waals surface area contributed by atoms with Crippen LogP contribution in [0.25, 0.3) is 59.8 Å². The maximum Gasteiger partial charge on any atom is 0.224 e. The minimum absolute atomic E-state index is 0.0876. The Morgan fingerprint density at radius 1 is 0.674 bits per heavy atom. The second-order valence-electron chi connectivity index (χ2n) is 16.7. The normalized spacial score (nSPS) is 13.7. The number of rotatable bonds is 2. The number of pyridine rings is 2. The molecule has 0 N–H and O–H groups in total. The van der Waals surface area contributed by atoms with Gasteiger partial charge in [0.1, 0.15) is 7.05 Å². The molecule has 0 aliphatic heterocycles. The van der Waals surface area contributed by atoms with Gasteiger partial charge in [0.25, 0.3) is 0 Å². The average molecular weight is 568 g/mol. The fraction of sp³-hybridized carbons (Fsp3) is 0.390. The first-order valence-corrected chi connectivity index (χ1v) is 16.0. The Balaban J connectivity index is 1.86. The van der Waals surface area contributed by atoms with Crippen LogP contribution < -0.4 is 4.57 Å². The highest BCUT2D eigenvalue weighted by atomic mass is 15.0. The lowest BCUT2D eigenvalue weighted by Gasteiger charge is -2.26. The third-order valence-electron chi connectivity index (χ3n) is 9.52. The standard InChI is InChI=1S/C41H47N2/c1-24-30-21-27(41(8,9)10)16-17-28(30)31(23-40(5,6)7)36-33(24)37-35-25(18-19-42(37)11)20-26(22-39(2,3)4)34-29-14-12-13-15-32(29)43(36)38(34)35/h12-21H,22-23H2,1-11H3/q+1. The molecule has 43 heavy (non-hydrogen) atoms. The van der Waals surface area contributed by atoms with Crippen LogP contribution in [0.15, 0.2) is 60.8 Å². The van der Waals surface area contributed by atoms with Crippen LogP contribution in [0.1, 0.15) is 84.6 Å². The summed E-state index contributed by atoms with van der Waals surface area (Å²) in [5.74, 6) is 0. The third kappa shape index (κ3) is 4.24. The van der Waals surface area contributed by atoms with Crippen molar-refractivity contribution in [2.24, 2.45) is 17.9 Å². The highest BCUT2D eigenvalue weighted by Gasteiger charge is 2.30. The van der Waals surface area contributed by atoms with E-state index in [0.717, 1.165) is 12.8 Å². The molecule has 3 heterocycles. The van der Waals surface area contributed by atoms with Crippen molar-refractivity contribution >= 4 is 59.8 Å². The maximum atomic E-state index is 2.67. The van der Waals surface area contributed by atoms with Crippen molar-refractivity contribution in [1.29, 1.82) is 0 Å². The third-order valence-corrected chi connectivity index (χ3v) is 9.52. The molecule has 0 saturated heterocycles. The van der Waals surface area contributed by atoms with Crippen LogP contribution in [0.3, 0.4) is 0 Å². The monoisotopic (exact) mass is 567 g/mol. The van der Waals surface area contributed by atoms with Crippen LogP contribution in [0.4, 0.5) is 0 Å². The van der Waals surface area contributed by atoms with E-state index in [1.165, 1.54) is 82.0 Å². The fourth-order valence-electron chi connectivity index (χ4n) is 7.76. The average Bonchev–Trinajstić information content (AvgIpc) is 3.25. The highest BCUT2D eigenvalue weighted by molar-refractivity contribution is 6.29. The summed E-state index contributed by atoms with van der Waals surface area (Å²) in [4.78, 5) is 0. The van der Waals surface area contributed by atoms with Gasteiger partial charge in [0.15, 0.2) is 6.20 Å². The zero-order valence-corrected chi connectivity index (χ0v) is 28.1. The van der Waals surface area contributed by atoms with Crippen molar-refractivity contribution < 1.29 is 4.57 Å². The van der Waals surface area contributed by atoms with Gasteiger partial charge in [0.05, 0.1) is 27.3 Å². The van der Waals surface area contributed by atoms with E-state index in [1.807, 2.05) is 0 Å². The molecule has 0 saturated carbocycles. The van der Waals surface area contributed by atoms with Crippen LogP contribution in [0.2, 0.25) is 0 Å². The Labute approximate surface area is 256 Å². The SMILES string of the molecule is Cc1c2cc(C(C)(C)C)ccc2c(CC(C)(C)C)c2c1c1c3c(cc[n+]1C)cc(CC(C)(C)C)c1c4ccccc4n2c13. The van der Waals surface area contributed by atoms with E-state index in [9.17, 15) is 0 Å². The lowest BCUT2D eigenvalue weighted by molar-refractivity contribution is -0.643. The molecule has 0 aliphatic carbocycles. The molecular formula is C41H47N2+. The number of benzene rings is 4. The predicted octanol–water partition coefficient (Wildman–Crippen LogP) is 10.8. The zero-order valence-electron chi connectivity index (χ0n) is 28.1. The van der Waals surface area contributed by atoms with Crippen LogP contribution >= 0.6 is 0 Å². The Morgan fingerprint density at radius 3 is 2.05 bits per heavy atom. The Morgan fingerprint density at radius 2 is 1.37 bits per heavy atom. The largest absolute Gasteiger partial charge is 0.307 e. The minimum atomic E-state index is 0.0876. The van der Waals surface area contributed by atoms with E-state index in [-0.39, 0.29) is 16.2 Å². The van der Waals surface area contributed by atoms with Gasteiger partial charge >= 0.3 is 0 Å². The smallest absolute Gasteiger partial charge is 0.224 e. The molecule has 0 atom stereocenters. The van der Waals surface area contributed by atoms with Crippen molar-refractivity contribution in [3.05, 3.63) is 83.0 Å². The topological polar surface area (TPSA) is 8.29 Å². The van der Waals surface area contributed by atoms with Crippen molar-refractivity contribution in [1.82, 2.24) is 4.40 Å². The van der Waals surface area contributed by atoms with Gasteiger partial charge in [-0.15, -0.1) is 0 Å². The van der Waals surface area contributed by atoms with Crippen molar-refractivity contribution in [3.63, 3.8) is 0 Å². The lowest BCUT2D eigenvalue weighted by Crippen LogP contribution is -2.29. The summed E-state index contributed by atoms with van der Waals surface area (Å²) >= 11 is 0. The zero-order chi connectivity index (χ0) is 30.8. The molecule has 0 amide bonds. The summed E-state index contributed by atoms with van der Waals surface area (Å²) in [6, 6.07) is 21.3. The second kappa shape index (κ2) is 8.94. The first-order valence-electron chi connectivity index (χ1n) is 16.0. The maximum absolute atomic E-state index is 2.67. The summed E-state index contributed by atoms with van der Waals surface area (Å²) in [5.41, 5.74) is 11.5. The molecule has 0 unspecified atom stereocenters. The summed E-state index contributed by atoms with van der Waals surface area (Å²) in [5, 5.41) is 9.71. The summed E-state index contributed by atoms with van der Waals surface area (Å²) in [6.07, 6.45) is 4.33. The molecular weight excluding hydrogens is 520 g/mol. The molecule has 0 aliphatic rings. The molecule has 0 bridgehead atoms. The number of hydrogen-bond acceptors (Lipinski definition) is 0. The number of aryl methyl sites for hydroxylation is 2. The van der Waals surface area contributed by atoms with Crippen LogP contribution in [0.5, 0.6) is 0 Å². The van der Waals surface area contributed by atoms with Gasteiger partial charge in [-0.3, -0.25) is 0 Å². The Bertz CT molecular complexity index is 2240. The summed E-state index contributed by atoms with van der Waals surface area (Å²) in [7, 11) is 2.24. The van der Waals surface area contributed by atoms with E-state index in [0.29, 0.717) is 0 Å². The molecule has 3 aromatic heterocycles. The van der Waals surface area contributed by atoms with Crippen LogP contribution in [-0.2, 0) is 25.3 Å². The molecule has 220 valence electrons. The lowest BCUT2D eigenvalue weighted by atomic mass is 9.80. The van der Waals surface area contributed by atoms with Crippen LogP contribution in [0, 0.1) is 17.8 Å². The van der Waals surface area contributed by atoms with Crippen molar-refractivity contribution in [2.45, 2.75) is 87.5 Å². The fourth-order valence-corrected chi connectivity index (χ4v) is 7.76. The highest BCUT2D eigenvalue weighted by Crippen LogP contribution is 2.47. The Hall–Kier alpha value is -3.65. The molecule has 2 heteroatoms. The van der Waals surface area contributed by atoms with E-state index in [1.54, 1.807) is 0 Å². The van der Waals surface area contributed by atoms with Gasteiger partial charge in [-0.25, -0.2) is 4.57 Å². The van der Waals surface area contributed by atoms with Crippen molar-refractivity contribution in [2.75, 3.05) is 0 Å². The van der Waals surface area contributed by atoms with Crippen LogP contribution in [-0.4, -0.2) is 4.40 Å². The first kappa shape index (κ1) is 28.1. The van der Waals surface area contributed by atoms with Gasteiger partial charge in [0, 0.05) is 16.8 Å². The Kier molecular flexibility index (Phi) is 5.85. The van der Waals surface area contributed by atoms with Gasteiger partial charge < -0.3 is 4.40 Å². The van der Waals surface area contributed by atoms with Gasteiger partial charge in [-0.2, -0.15) is 0 Å². The van der Waals surface area contributed by atoms with Gasteiger partial charge in [-0.1, -0.05) is 98.7 Å². The van der Waals surface area contributed by atoms with Gasteiger partial charge in [-0.05, 0) is 86.6 Å². The molecule has 4 aromatic carbocycles. The quantitative estimate of drug-likeness (QED) is 0.112. The summed E-state index contributed by atoms with van der Waals surface area (Å²) < 4.78 is 5.06. The van der Waals surface area contributed by atoms with Gasteiger partial charge in [0.2, 0.25) is 5.52 Å². The minimum Gasteiger partial charge on any atom is -0.307 e. The molecule has 0 spiro atoms. The molecule has 0 radical (unpaired) electrons. The number of para-hydroxylation sites is 1. The molecule has 0 fully saturated rings. The number of nitrogens with zero attached hydrogens (tertiary/aromatic N) is 2. The molecule has 7 rings (SSSR count). The summed E-state index contributed by atoms with van der Waals surface area (Å²) in [6.45, 7) is 23.6. The number of aromatic nitrogens is 2. The predicted molar refractivity (Wildman–Crippen MR) is 187 cm³/mol.